The molecule has 0 amide bonds. The average Bonchev–Trinajstić information content (AvgIpc) is 2.76. The van der Waals surface area contributed by atoms with Crippen molar-refractivity contribution in [2.75, 3.05) is 0 Å². The molecule has 16 heavy (non-hydrogen) atoms. The second-order valence-electron chi connectivity index (χ2n) is 3.68. The van der Waals surface area contributed by atoms with E-state index in [1.165, 1.54) is 0 Å². The normalized spacial score (nSPS) is 10.4. The van der Waals surface area contributed by atoms with Gasteiger partial charge in [0, 0.05) is 12.1 Å². The number of furan rings is 1. The molecule has 0 saturated carbocycles. The van der Waals surface area contributed by atoms with E-state index in [2.05, 4.69) is 0 Å². The molecule has 0 spiro atoms. The number of hydrogen-bond acceptors (Lipinski definition) is 3. The van der Waals surface area contributed by atoms with Crippen molar-refractivity contribution in [3.63, 3.8) is 0 Å². The van der Waals surface area contributed by atoms with Gasteiger partial charge in [-0.3, -0.25) is 0 Å². The van der Waals surface area contributed by atoms with E-state index in [1.54, 1.807) is 6.26 Å². The highest BCUT2D eigenvalue weighted by Gasteiger charge is 2.03. The van der Waals surface area contributed by atoms with Gasteiger partial charge in [0.15, 0.2) is 0 Å². The van der Waals surface area contributed by atoms with Crippen LogP contribution >= 0.6 is 0 Å². The van der Waals surface area contributed by atoms with Crippen molar-refractivity contribution in [1.82, 2.24) is 0 Å². The highest BCUT2D eigenvalue weighted by atomic mass is 16.5. The van der Waals surface area contributed by atoms with Crippen molar-refractivity contribution in [2.24, 2.45) is 5.73 Å². The molecule has 0 aliphatic carbocycles. The van der Waals surface area contributed by atoms with Gasteiger partial charge in [-0.25, -0.2) is 0 Å². The molecule has 0 aliphatic heterocycles. The minimum absolute atomic E-state index is 0.435. The van der Waals surface area contributed by atoms with Crippen molar-refractivity contribution >= 4 is 0 Å². The first kappa shape index (κ1) is 10.8. The largest absolute Gasteiger partial charge is 0.485 e. The summed E-state index contributed by atoms with van der Waals surface area (Å²) in [5, 5.41) is 0. The third-order valence-corrected chi connectivity index (χ3v) is 2.41. The van der Waals surface area contributed by atoms with Crippen LogP contribution in [0.15, 0.2) is 41.0 Å². The van der Waals surface area contributed by atoms with Crippen molar-refractivity contribution in [2.45, 2.75) is 20.1 Å². The third-order valence-electron chi connectivity index (χ3n) is 2.41. The molecule has 1 heterocycles. The lowest BCUT2D eigenvalue weighted by atomic mass is 10.2. The van der Waals surface area contributed by atoms with Crippen LogP contribution in [-0.2, 0) is 13.2 Å². The summed E-state index contributed by atoms with van der Waals surface area (Å²) in [7, 11) is 0. The molecule has 0 aliphatic rings. The first-order valence-electron chi connectivity index (χ1n) is 5.24. The number of ether oxygens (including phenoxy) is 1. The molecule has 2 rings (SSSR count). The van der Waals surface area contributed by atoms with Crippen LogP contribution in [0, 0.1) is 6.92 Å². The topological polar surface area (TPSA) is 48.4 Å². The fourth-order valence-corrected chi connectivity index (χ4v) is 1.48. The van der Waals surface area contributed by atoms with E-state index in [4.69, 9.17) is 14.9 Å². The summed E-state index contributed by atoms with van der Waals surface area (Å²) in [6.07, 6.45) is 1.66. The van der Waals surface area contributed by atoms with Gasteiger partial charge < -0.3 is 14.9 Å². The van der Waals surface area contributed by atoms with E-state index in [0.29, 0.717) is 13.2 Å². The lowest BCUT2D eigenvalue weighted by molar-refractivity contribution is 0.268. The van der Waals surface area contributed by atoms with Gasteiger partial charge in [-0.1, -0.05) is 18.2 Å². The van der Waals surface area contributed by atoms with Gasteiger partial charge in [-0.2, -0.15) is 0 Å². The number of nitrogens with two attached hydrogens (primary N) is 1. The number of hydrogen-bond donors (Lipinski definition) is 1. The van der Waals surface area contributed by atoms with Gasteiger partial charge in [0.25, 0.3) is 0 Å². The van der Waals surface area contributed by atoms with Crippen molar-refractivity contribution < 1.29 is 9.15 Å². The smallest absolute Gasteiger partial charge is 0.146 e. The SMILES string of the molecule is Cc1ccccc1OCc1cc(CN)co1. The van der Waals surface area contributed by atoms with E-state index in [1.807, 2.05) is 37.3 Å². The maximum Gasteiger partial charge on any atom is 0.146 e. The number of para-hydroxylation sites is 1. The van der Waals surface area contributed by atoms with Crippen LogP contribution < -0.4 is 10.5 Å². The Kier molecular flexibility index (Phi) is 3.27. The van der Waals surface area contributed by atoms with E-state index in [9.17, 15) is 0 Å². The molecule has 1 aromatic heterocycles. The zero-order valence-corrected chi connectivity index (χ0v) is 9.27. The predicted molar refractivity (Wildman–Crippen MR) is 62.1 cm³/mol. The molecule has 0 unspecified atom stereocenters. The molecule has 0 radical (unpaired) electrons. The molecule has 2 aromatic rings. The van der Waals surface area contributed by atoms with E-state index in [0.717, 1.165) is 22.6 Å². The van der Waals surface area contributed by atoms with Gasteiger partial charge in [0.2, 0.25) is 0 Å². The molecule has 0 saturated heterocycles. The average molecular weight is 217 g/mol. The second-order valence-corrected chi connectivity index (χ2v) is 3.68. The molecule has 84 valence electrons. The Hall–Kier alpha value is -1.74. The lowest BCUT2D eigenvalue weighted by Crippen LogP contribution is -1.96. The van der Waals surface area contributed by atoms with Gasteiger partial charge in [0.05, 0.1) is 6.26 Å². The summed E-state index contributed by atoms with van der Waals surface area (Å²) >= 11 is 0. The number of rotatable bonds is 4. The molecule has 1 aromatic carbocycles. The number of aryl methyl sites for hydroxylation is 1. The highest BCUT2D eigenvalue weighted by molar-refractivity contribution is 5.31. The van der Waals surface area contributed by atoms with Gasteiger partial charge in [0.1, 0.15) is 18.1 Å². The molecule has 3 heteroatoms. The quantitative estimate of drug-likeness (QED) is 0.856. The molecular formula is C13H15NO2. The third kappa shape index (κ3) is 2.44. The van der Waals surface area contributed by atoms with Crippen LogP contribution in [0.25, 0.3) is 0 Å². The van der Waals surface area contributed by atoms with E-state index >= 15 is 0 Å². The second kappa shape index (κ2) is 4.86. The molecule has 3 nitrogen and oxygen atoms in total. The summed E-state index contributed by atoms with van der Waals surface area (Å²) in [5.74, 6) is 1.68. The fraction of sp³-hybridized carbons (Fsp3) is 0.231. The molecule has 0 atom stereocenters. The van der Waals surface area contributed by atoms with E-state index < -0.39 is 0 Å². The maximum atomic E-state index is 5.65. The minimum atomic E-state index is 0.435. The summed E-state index contributed by atoms with van der Waals surface area (Å²) < 4.78 is 11.0. The van der Waals surface area contributed by atoms with E-state index in [-0.39, 0.29) is 0 Å². The summed E-state index contributed by atoms with van der Waals surface area (Å²) in [4.78, 5) is 0. The first-order chi connectivity index (χ1) is 7.79. The van der Waals surface area contributed by atoms with Crippen molar-refractivity contribution in [3.05, 3.63) is 53.5 Å². The monoisotopic (exact) mass is 217 g/mol. The predicted octanol–water partition coefficient (Wildman–Crippen LogP) is 2.63. The van der Waals surface area contributed by atoms with Crippen LogP contribution in [0.1, 0.15) is 16.9 Å². The Bertz CT molecular complexity index is 462. The Morgan fingerprint density at radius 1 is 1.31 bits per heavy atom. The van der Waals surface area contributed by atoms with Gasteiger partial charge in [-0.15, -0.1) is 0 Å². The van der Waals surface area contributed by atoms with Crippen LogP contribution in [0.5, 0.6) is 5.75 Å². The lowest BCUT2D eigenvalue weighted by Gasteiger charge is -2.06. The molecular weight excluding hydrogens is 202 g/mol. The van der Waals surface area contributed by atoms with Crippen LogP contribution in [-0.4, -0.2) is 0 Å². The molecule has 2 N–H and O–H groups in total. The van der Waals surface area contributed by atoms with Gasteiger partial charge in [-0.05, 0) is 24.6 Å². The summed E-state index contributed by atoms with van der Waals surface area (Å²) in [5.41, 5.74) is 7.60. The Morgan fingerprint density at radius 3 is 2.81 bits per heavy atom. The zero-order chi connectivity index (χ0) is 11.4. The first-order valence-corrected chi connectivity index (χ1v) is 5.24. The van der Waals surface area contributed by atoms with Crippen LogP contribution in [0.2, 0.25) is 0 Å². The molecule has 0 bridgehead atoms. The Balaban J connectivity index is 1.99. The Morgan fingerprint density at radius 2 is 2.12 bits per heavy atom. The van der Waals surface area contributed by atoms with Crippen LogP contribution in [0.4, 0.5) is 0 Å². The zero-order valence-electron chi connectivity index (χ0n) is 9.27. The van der Waals surface area contributed by atoms with Crippen molar-refractivity contribution in [1.29, 1.82) is 0 Å². The maximum absolute atomic E-state index is 5.65. The van der Waals surface area contributed by atoms with Crippen molar-refractivity contribution in [3.8, 4) is 5.75 Å². The van der Waals surface area contributed by atoms with Crippen LogP contribution in [0.3, 0.4) is 0 Å². The highest BCUT2D eigenvalue weighted by Crippen LogP contribution is 2.18. The standard InChI is InChI=1S/C13H15NO2/c1-10-4-2-3-5-13(10)16-9-12-6-11(7-14)8-15-12/h2-6,8H,7,9,14H2,1H3. The number of benzene rings is 1. The summed E-state index contributed by atoms with van der Waals surface area (Å²) in [6.45, 7) is 2.95. The summed E-state index contributed by atoms with van der Waals surface area (Å²) in [6, 6.07) is 9.82. The molecule has 0 fully saturated rings. The van der Waals surface area contributed by atoms with Gasteiger partial charge >= 0.3 is 0 Å². The Labute approximate surface area is 94.8 Å². The minimum Gasteiger partial charge on any atom is -0.485 e. The fourth-order valence-electron chi connectivity index (χ4n) is 1.48.